The second-order valence-electron chi connectivity index (χ2n) is 5.63. The highest BCUT2D eigenvalue weighted by Crippen LogP contribution is 2.21. The molecule has 110 valence electrons. The normalized spacial score (nSPS) is 20.0. The Hall–Kier alpha value is -1.22. The van der Waals surface area contributed by atoms with Crippen LogP contribution in [0.1, 0.15) is 55.8 Å². The van der Waals surface area contributed by atoms with Crippen LogP contribution in [0, 0.1) is 5.82 Å². The van der Waals surface area contributed by atoms with Crippen molar-refractivity contribution in [1.29, 1.82) is 0 Å². The van der Waals surface area contributed by atoms with Crippen LogP contribution < -0.4 is 0 Å². The molecule has 0 aromatic heterocycles. The minimum atomic E-state index is -0.402. The first-order valence-electron chi connectivity index (χ1n) is 7.74. The number of hydrogen-bond acceptors (Lipinski definition) is 2. The minimum Gasteiger partial charge on any atom is -0.300 e. The molecule has 3 heteroatoms. The number of hydrogen-bond donors (Lipinski definition) is 0. The van der Waals surface area contributed by atoms with E-state index >= 15 is 0 Å². The molecule has 1 atom stereocenters. The smallest absolute Gasteiger partial charge is 0.167 e. The zero-order valence-corrected chi connectivity index (χ0v) is 12.3. The van der Waals surface area contributed by atoms with Crippen LogP contribution in [0.3, 0.4) is 0 Å². The predicted octanol–water partition coefficient (Wildman–Crippen LogP) is 4.05. The fourth-order valence-corrected chi connectivity index (χ4v) is 3.08. The van der Waals surface area contributed by atoms with Gasteiger partial charge in [0.05, 0.1) is 5.56 Å². The van der Waals surface area contributed by atoms with Crippen LogP contribution in [0.2, 0.25) is 0 Å². The van der Waals surface area contributed by atoms with Crippen LogP contribution in [0.15, 0.2) is 24.3 Å². The Bertz CT molecular complexity index is 444. The molecule has 1 aromatic rings. The van der Waals surface area contributed by atoms with E-state index in [1.54, 1.807) is 18.2 Å². The molecular weight excluding hydrogens is 253 g/mol. The van der Waals surface area contributed by atoms with E-state index in [0.29, 0.717) is 12.5 Å². The second-order valence-corrected chi connectivity index (χ2v) is 5.63. The molecule has 0 saturated carbocycles. The Morgan fingerprint density at radius 3 is 2.90 bits per heavy atom. The van der Waals surface area contributed by atoms with Gasteiger partial charge in [-0.3, -0.25) is 9.69 Å². The van der Waals surface area contributed by atoms with Crippen LogP contribution in [0.25, 0.3) is 0 Å². The first-order valence-corrected chi connectivity index (χ1v) is 7.74. The Morgan fingerprint density at radius 2 is 2.15 bits per heavy atom. The largest absolute Gasteiger partial charge is 0.300 e. The number of ketones is 1. The summed E-state index contributed by atoms with van der Waals surface area (Å²) in [6.07, 6.45) is 6.55. The van der Waals surface area contributed by atoms with E-state index in [9.17, 15) is 9.18 Å². The van der Waals surface area contributed by atoms with Crippen molar-refractivity contribution < 1.29 is 9.18 Å². The standard InChI is InChI=1S/C17H24FNO/c1-2-7-14-8-5-6-12-19(14)13-11-17(20)15-9-3-4-10-16(15)18/h3-4,9-10,14H,2,5-8,11-13H2,1H3. The van der Waals surface area contributed by atoms with Crippen LogP contribution in [-0.4, -0.2) is 29.8 Å². The number of nitrogens with zero attached hydrogens (tertiary/aromatic N) is 1. The van der Waals surface area contributed by atoms with Gasteiger partial charge in [0.2, 0.25) is 0 Å². The number of Topliss-reactive ketones (excluding diaryl/α,β-unsaturated/α-hetero) is 1. The highest BCUT2D eigenvalue weighted by atomic mass is 19.1. The number of carbonyl (C=O) groups excluding carboxylic acids is 1. The van der Waals surface area contributed by atoms with Crippen LogP contribution in [-0.2, 0) is 0 Å². The summed E-state index contributed by atoms with van der Waals surface area (Å²) in [7, 11) is 0. The average Bonchev–Trinajstić information content (AvgIpc) is 2.47. The monoisotopic (exact) mass is 277 g/mol. The van der Waals surface area contributed by atoms with Gasteiger partial charge >= 0.3 is 0 Å². The van der Waals surface area contributed by atoms with Gasteiger partial charge in [0.1, 0.15) is 5.82 Å². The minimum absolute atomic E-state index is 0.0797. The summed E-state index contributed by atoms with van der Waals surface area (Å²) in [5, 5.41) is 0. The predicted molar refractivity (Wildman–Crippen MR) is 79.5 cm³/mol. The topological polar surface area (TPSA) is 20.3 Å². The van der Waals surface area contributed by atoms with Gasteiger partial charge in [0, 0.05) is 19.0 Å². The lowest BCUT2D eigenvalue weighted by atomic mass is 9.97. The highest BCUT2D eigenvalue weighted by Gasteiger charge is 2.22. The van der Waals surface area contributed by atoms with E-state index in [-0.39, 0.29) is 11.3 Å². The Labute approximate surface area is 121 Å². The number of rotatable bonds is 6. The van der Waals surface area contributed by atoms with Crippen molar-refractivity contribution in [2.75, 3.05) is 13.1 Å². The summed E-state index contributed by atoms with van der Waals surface area (Å²) in [6.45, 7) is 4.05. The van der Waals surface area contributed by atoms with Gasteiger partial charge < -0.3 is 0 Å². The molecular formula is C17H24FNO. The van der Waals surface area contributed by atoms with Crippen LogP contribution in [0.4, 0.5) is 4.39 Å². The van der Waals surface area contributed by atoms with Crippen molar-refractivity contribution in [2.45, 2.75) is 51.5 Å². The van der Waals surface area contributed by atoms with Crippen molar-refractivity contribution in [3.63, 3.8) is 0 Å². The molecule has 1 saturated heterocycles. The van der Waals surface area contributed by atoms with Crippen LogP contribution >= 0.6 is 0 Å². The lowest BCUT2D eigenvalue weighted by Gasteiger charge is -2.35. The maximum Gasteiger partial charge on any atom is 0.167 e. The van der Waals surface area contributed by atoms with E-state index in [0.717, 1.165) is 13.1 Å². The molecule has 20 heavy (non-hydrogen) atoms. The molecule has 2 nitrogen and oxygen atoms in total. The molecule has 0 bridgehead atoms. The third-order valence-corrected chi connectivity index (χ3v) is 4.17. The van der Waals surface area contributed by atoms with E-state index in [4.69, 9.17) is 0 Å². The molecule has 1 aliphatic rings. The Balaban J connectivity index is 1.90. The van der Waals surface area contributed by atoms with E-state index < -0.39 is 5.82 Å². The first kappa shape index (κ1) is 15.2. The summed E-state index contributed by atoms with van der Waals surface area (Å²) < 4.78 is 13.6. The lowest BCUT2D eigenvalue weighted by Crippen LogP contribution is -2.40. The Morgan fingerprint density at radius 1 is 1.35 bits per heavy atom. The molecule has 0 radical (unpaired) electrons. The van der Waals surface area contributed by atoms with E-state index in [2.05, 4.69) is 11.8 Å². The molecule has 1 fully saturated rings. The summed E-state index contributed by atoms with van der Waals surface area (Å²) in [4.78, 5) is 14.5. The zero-order chi connectivity index (χ0) is 14.4. The van der Waals surface area contributed by atoms with Gasteiger partial charge in [0.15, 0.2) is 5.78 Å². The summed E-state index contributed by atoms with van der Waals surface area (Å²) in [5.74, 6) is -0.481. The maximum absolute atomic E-state index is 13.6. The summed E-state index contributed by atoms with van der Waals surface area (Å²) >= 11 is 0. The van der Waals surface area contributed by atoms with Crippen molar-refractivity contribution in [2.24, 2.45) is 0 Å². The zero-order valence-electron chi connectivity index (χ0n) is 12.3. The van der Waals surface area contributed by atoms with Crippen molar-refractivity contribution in [3.05, 3.63) is 35.6 Å². The second kappa shape index (κ2) is 7.53. The van der Waals surface area contributed by atoms with Gasteiger partial charge in [-0.15, -0.1) is 0 Å². The van der Waals surface area contributed by atoms with E-state index in [1.807, 2.05) is 0 Å². The lowest BCUT2D eigenvalue weighted by molar-refractivity contribution is 0.0915. The molecule has 0 aliphatic carbocycles. The number of likely N-dealkylation sites (tertiary alicyclic amines) is 1. The summed E-state index contributed by atoms with van der Waals surface area (Å²) in [5.41, 5.74) is 0.233. The number of carbonyl (C=O) groups is 1. The number of piperidine rings is 1. The van der Waals surface area contributed by atoms with Crippen molar-refractivity contribution >= 4 is 5.78 Å². The first-order chi connectivity index (χ1) is 9.72. The Kier molecular flexibility index (Phi) is 5.72. The molecule has 1 heterocycles. The van der Waals surface area contributed by atoms with Gasteiger partial charge in [-0.05, 0) is 37.9 Å². The highest BCUT2D eigenvalue weighted by molar-refractivity contribution is 5.96. The van der Waals surface area contributed by atoms with E-state index in [1.165, 1.54) is 38.2 Å². The van der Waals surface area contributed by atoms with Gasteiger partial charge in [-0.1, -0.05) is 31.9 Å². The molecule has 1 aliphatic heterocycles. The SMILES string of the molecule is CCCC1CCCCN1CCC(=O)c1ccccc1F. The average molecular weight is 277 g/mol. The molecule has 2 rings (SSSR count). The third kappa shape index (κ3) is 3.89. The molecule has 1 unspecified atom stereocenters. The fraction of sp³-hybridized carbons (Fsp3) is 0.588. The van der Waals surface area contributed by atoms with Gasteiger partial charge in [-0.2, -0.15) is 0 Å². The van der Waals surface area contributed by atoms with Crippen molar-refractivity contribution in [1.82, 2.24) is 4.90 Å². The fourth-order valence-electron chi connectivity index (χ4n) is 3.08. The molecule has 0 amide bonds. The quantitative estimate of drug-likeness (QED) is 0.731. The number of halogens is 1. The summed E-state index contributed by atoms with van der Waals surface area (Å²) in [6, 6.07) is 6.89. The maximum atomic E-state index is 13.6. The van der Waals surface area contributed by atoms with Crippen molar-refractivity contribution in [3.8, 4) is 0 Å². The molecule has 0 N–H and O–H groups in total. The van der Waals surface area contributed by atoms with Gasteiger partial charge in [-0.25, -0.2) is 4.39 Å². The third-order valence-electron chi connectivity index (χ3n) is 4.17. The van der Waals surface area contributed by atoms with Gasteiger partial charge in [0.25, 0.3) is 0 Å². The van der Waals surface area contributed by atoms with Crippen LogP contribution in [0.5, 0.6) is 0 Å². The molecule has 0 spiro atoms. The molecule has 1 aromatic carbocycles. The number of benzene rings is 1.